The van der Waals surface area contributed by atoms with Crippen LogP contribution in [0.3, 0.4) is 0 Å². The van der Waals surface area contributed by atoms with Crippen LogP contribution in [0.5, 0.6) is 0 Å². The molecule has 0 aliphatic rings. The fourth-order valence-corrected chi connectivity index (χ4v) is 2.32. The van der Waals surface area contributed by atoms with E-state index in [1.54, 1.807) is 12.1 Å². The van der Waals surface area contributed by atoms with Crippen molar-refractivity contribution >= 4 is 0 Å². The minimum absolute atomic E-state index is 0.218. The number of rotatable bonds is 6. The number of aromatic nitrogens is 2. The molecule has 0 radical (unpaired) electrons. The lowest BCUT2D eigenvalue weighted by Gasteiger charge is -2.11. The van der Waals surface area contributed by atoms with E-state index in [1.165, 1.54) is 17.7 Å². The molecule has 1 aromatic carbocycles. The summed E-state index contributed by atoms with van der Waals surface area (Å²) < 4.78 is 12.9. The molecular weight excluding hydrogens is 265 g/mol. The largest absolute Gasteiger partial charge is 0.313 e. The van der Waals surface area contributed by atoms with Crippen LogP contribution < -0.4 is 5.32 Å². The van der Waals surface area contributed by atoms with Crippen LogP contribution in [0.25, 0.3) is 0 Å². The summed E-state index contributed by atoms with van der Waals surface area (Å²) in [7, 11) is 0. The van der Waals surface area contributed by atoms with Crippen LogP contribution in [0, 0.1) is 19.7 Å². The molecule has 0 saturated heterocycles. The standard InChI is InChI=1S/C17H22FN3/c1-4-9-19-11-16-12(2)20-17(21-13(16)3)10-14-5-7-15(18)8-6-14/h5-8,19H,4,9-11H2,1-3H3. The van der Waals surface area contributed by atoms with Gasteiger partial charge < -0.3 is 5.32 Å². The van der Waals surface area contributed by atoms with Gasteiger partial charge >= 0.3 is 0 Å². The van der Waals surface area contributed by atoms with Gasteiger partial charge in [0, 0.05) is 29.9 Å². The highest BCUT2D eigenvalue weighted by Gasteiger charge is 2.09. The van der Waals surface area contributed by atoms with Crippen LogP contribution in [0.1, 0.15) is 41.7 Å². The lowest BCUT2D eigenvalue weighted by atomic mass is 10.1. The van der Waals surface area contributed by atoms with E-state index in [2.05, 4.69) is 22.2 Å². The Hall–Kier alpha value is -1.81. The number of nitrogens with zero attached hydrogens (tertiary/aromatic N) is 2. The summed E-state index contributed by atoms with van der Waals surface area (Å²) in [5.41, 5.74) is 4.23. The first-order valence-corrected chi connectivity index (χ1v) is 7.38. The predicted molar refractivity (Wildman–Crippen MR) is 82.7 cm³/mol. The minimum atomic E-state index is -0.218. The third kappa shape index (κ3) is 4.33. The summed E-state index contributed by atoms with van der Waals surface area (Å²) in [6, 6.07) is 6.50. The van der Waals surface area contributed by atoms with Crippen molar-refractivity contribution in [3.8, 4) is 0 Å². The smallest absolute Gasteiger partial charge is 0.133 e. The van der Waals surface area contributed by atoms with Gasteiger partial charge in [-0.1, -0.05) is 19.1 Å². The van der Waals surface area contributed by atoms with Gasteiger partial charge in [-0.25, -0.2) is 14.4 Å². The number of nitrogens with one attached hydrogen (secondary N) is 1. The lowest BCUT2D eigenvalue weighted by Crippen LogP contribution is -2.17. The highest BCUT2D eigenvalue weighted by Crippen LogP contribution is 2.13. The van der Waals surface area contributed by atoms with E-state index < -0.39 is 0 Å². The molecule has 0 amide bonds. The van der Waals surface area contributed by atoms with Crippen molar-refractivity contribution < 1.29 is 4.39 Å². The van der Waals surface area contributed by atoms with E-state index in [0.29, 0.717) is 6.42 Å². The first kappa shape index (κ1) is 15.6. The van der Waals surface area contributed by atoms with Crippen molar-refractivity contribution in [3.63, 3.8) is 0 Å². The number of halogens is 1. The highest BCUT2D eigenvalue weighted by molar-refractivity contribution is 5.26. The van der Waals surface area contributed by atoms with Gasteiger partial charge in [0.15, 0.2) is 0 Å². The monoisotopic (exact) mass is 287 g/mol. The van der Waals surface area contributed by atoms with Crippen LogP contribution >= 0.6 is 0 Å². The quantitative estimate of drug-likeness (QED) is 0.828. The van der Waals surface area contributed by atoms with E-state index >= 15 is 0 Å². The van der Waals surface area contributed by atoms with Crippen molar-refractivity contribution in [3.05, 3.63) is 58.4 Å². The molecule has 0 aliphatic heterocycles. The molecule has 4 heteroatoms. The van der Waals surface area contributed by atoms with Crippen molar-refractivity contribution in [2.45, 2.75) is 40.2 Å². The highest BCUT2D eigenvalue weighted by atomic mass is 19.1. The fraction of sp³-hybridized carbons (Fsp3) is 0.412. The Kier molecular flexibility index (Phi) is 5.39. The molecule has 0 atom stereocenters. The van der Waals surface area contributed by atoms with E-state index in [-0.39, 0.29) is 5.82 Å². The van der Waals surface area contributed by atoms with E-state index in [0.717, 1.165) is 42.3 Å². The van der Waals surface area contributed by atoms with Gasteiger partial charge in [-0.3, -0.25) is 0 Å². The van der Waals surface area contributed by atoms with E-state index in [9.17, 15) is 4.39 Å². The van der Waals surface area contributed by atoms with Crippen molar-refractivity contribution in [1.82, 2.24) is 15.3 Å². The van der Waals surface area contributed by atoms with Crippen LogP contribution in [0.2, 0.25) is 0 Å². The summed E-state index contributed by atoms with van der Waals surface area (Å²) in [5.74, 6) is 0.570. The predicted octanol–water partition coefficient (Wildman–Crippen LogP) is 3.32. The number of aryl methyl sites for hydroxylation is 2. The summed E-state index contributed by atoms with van der Waals surface area (Å²) in [6.45, 7) is 7.99. The average Bonchev–Trinajstić information content (AvgIpc) is 2.44. The average molecular weight is 287 g/mol. The normalized spacial score (nSPS) is 10.9. The van der Waals surface area contributed by atoms with Gasteiger partial charge in [-0.05, 0) is 44.5 Å². The molecule has 2 aromatic rings. The van der Waals surface area contributed by atoms with E-state index in [4.69, 9.17) is 0 Å². The number of benzene rings is 1. The van der Waals surface area contributed by atoms with Gasteiger partial charge in [0.05, 0.1) is 0 Å². The Morgan fingerprint density at radius 2 is 1.67 bits per heavy atom. The topological polar surface area (TPSA) is 37.8 Å². The summed E-state index contributed by atoms with van der Waals surface area (Å²) in [5, 5.41) is 3.39. The molecule has 2 rings (SSSR count). The summed E-state index contributed by atoms with van der Waals surface area (Å²) in [6.07, 6.45) is 1.74. The van der Waals surface area contributed by atoms with Crippen molar-refractivity contribution in [2.75, 3.05) is 6.54 Å². The van der Waals surface area contributed by atoms with E-state index in [1.807, 2.05) is 13.8 Å². The summed E-state index contributed by atoms with van der Waals surface area (Å²) >= 11 is 0. The second kappa shape index (κ2) is 7.27. The maximum absolute atomic E-state index is 12.9. The van der Waals surface area contributed by atoms with Gasteiger partial charge in [-0.2, -0.15) is 0 Å². The van der Waals surface area contributed by atoms with Gasteiger partial charge in [0.1, 0.15) is 11.6 Å². The molecule has 0 aliphatic carbocycles. The first-order valence-electron chi connectivity index (χ1n) is 7.38. The molecule has 0 bridgehead atoms. The molecule has 1 N–H and O–H groups in total. The second-order valence-electron chi connectivity index (χ2n) is 5.27. The molecule has 1 heterocycles. The molecule has 1 aromatic heterocycles. The maximum atomic E-state index is 12.9. The van der Waals surface area contributed by atoms with Crippen LogP contribution in [0.4, 0.5) is 4.39 Å². The molecule has 0 spiro atoms. The van der Waals surface area contributed by atoms with Crippen molar-refractivity contribution in [1.29, 1.82) is 0 Å². The minimum Gasteiger partial charge on any atom is -0.313 e. The Labute approximate surface area is 125 Å². The molecule has 3 nitrogen and oxygen atoms in total. The SMILES string of the molecule is CCCNCc1c(C)nc(Cc2ccc(F)cc2)nc1C. The van der Waals surface area contributed by atoms with Gasteiger partial charge in [0.25, 0.3) is 0 Å². The lowest BCUT2D eigenvalue weighted by molar-refractivity contribution is 0.627. The number of hydrogen-bond donors (Lipinski definition) is 1. The molecular formula is C17H22FN3. The fourth-order valence-electron chi connectivity index (χ4n) is 2.32. The maximum Gasteiger partial charge on any atom is 0.133 e. The zero-order valence-electron chi connectivity index (χ0n) is 12.9. The molecule has 0 saturated carbocycles. The molecule has 21 heavy (non-hydrogen) atoms. The molecule has 0 fully saturated rings. The van der Waals surface area contributed by atoms with Gasteiger partial charge in [0.2, 0.25) is 0 Å². The van der Waals surface area contributed by atoms with Gasteiger partial charge in [-0.15, -0.1) is 0 Å². The third-order valence-corrected chi connectivity index (χ3v) is 3.47. The third-order valence-electron chi connectivity index (χ3n) is 3.47. The summed E-state index contributed by atoms with van der Waals surface area (Å²) in [4.78, 5) is 9.17. The van der Waals surface area contributed by atoms with Crippen molar-refractivity contribution in [2.24, 2.45) is 0 Å². The Morgan fingerprint density at radius 3 is 2.24 bits per heavy atom. The van der Waals surface area contributed by atoms with Crippen LogP contribution in [-0.2, 0) is 13.0 Å². The number of hydrogen-bond acceptors (Lipinski definition) is 3. The zero-order chi connectivity index (χ0) is 15.2. The molecule has 112 valence electrons. The Bertz CT molecular complexity index is 570. The van der Waals surface area contributed by atoms with Crippen LogP contribution in [0.15, 0.2) is 24.3 Å². The first-order chi connectivity index (χ1) is 10.1. The second-order valence-corrected chi connectivity index (χ2v) is 5.27. The molecule has 0 unspecified atom stereocenters. The van der Waals surface area contributed by atoms with Crippen LogP contribution in [-0.4, -0.2) is 16.5 Å². The Morgan fingerprint density at radius 1 is 1.05 bits per heavy atom. The zero-order valence-corrected chi connectivity index (χ0v) is 12.9. The Balaban J connectivity index is 2.13.